The third-order valence-corrected chi connectivity index (χ3v) is 4.54. The van der Waals surface area contributed by atoms with E-state index in [1.807, 2.05) is 25.1 Å². The van der Waals surface area contributed by atoms with Gasteiger partial charge in [0.25, 0.3) is 0 Å². The van der Waals surface area contributed by atoms with E-state index in [1.165, 1.54) is 0 Å². The average molecular weight is 389 g/mol. The number of rotatable bonds is 3. The van der Waals surface area contributed by atoms with E-state index in [2.05, 4.69) is 28.7 Å². The van der Waals surface area contributed by atoms with Crippen molar-refractivity contribution in [2.75, 3.05) is 6.61 Å². The van der Waals surface area contributed by atoms with Crippen molar-refractivity contribution in [2.24, 2.45) is 5.92 Å². The SMILES string of the molecule is C[C@@H]1OC(=O)[C@@H]2[C@H]1C(CO)ON2Cc1cccc(I)c1. The summed E-state index contributed by atoms with van der Waals surface area (Å²) in [7, 11) is 0. The number of aliphatic hydroxyl groups excluding tert-OH is 1. The number of esters is 1. The van der Waals surface area contributed by atoms with Gasteiger partial charge >= 0.3 is 5.97 Å². The molecule has 0 radical (unpaired) electrons. The molecule has 108 valence electrons. The zero-order valence-corrected chi connectivity index (χ0v) is 13.2. The van der Waals surface area contributed by atoms with Crippen LogP contribution in [0.3, 0.4) is 0 Å². The van der Waals surface area contributed by atoms with Gasteiger partial charge in [-0.05, 0) is 47.2 Å². The van der Waals surface area contributed by atoms with Crippen LogP contribution in [-0.2, 0) is 20.9 Å². The molecule has 4 atom stereocenters. The van der Waals surface area contributed by atoms with Crippen molar-refractivity contribution in [3.05, 3.63) is 33.4 Å². The summed E-state index contributed by atoms with van der Waals surface area (Å²) < 4.78 is 6.41. The zero-order valence-electron chi connectivity index (χ0n) is 11.0. The van der Waals surface area contributed by atoms with Gasteiger partial charge in [0.1, 0.15) is 18.2 Å². The molecule has 0 amide bonds. The fraction of sp³-hybridized carbons (Fsp3) is 0.500. The number of carbonyl (C=O) groups excluding carboxylic acids is 1. The minimum absolute atomic E-state index is 0.102. The van der Waals surface area contributed by atoms with Gasteiger partial charge in [0, 0.05) is 3.57 Å². The molecule has 20 heavy (non-hydrogen) atoms. The van der Waals surface area contributed by atoms with Gasteiger partial charge in [-0.3, -0.25) is 9.63 Å². The lowest BCUT2D eigenvalue weighted by Gasteiger charge is -2.20. The molecule has 0 aromatic heterocycles. The van der Waals surface area contributed by atoms with E-state index in [0.29, 0.717) is 6.54 Å². The molecule has 0 aliphatic carbocycles. The highest BCUT2D eigenvalue weighted by Gasteiger charge is 2.55. The number of nitrogens with zero attached hydrogens (tertiary/aromatic N) is 1. The molecule has 2 aliphatic heterocycles. The van der Waals surface area contributed by atoms with E-state index in [9.17, 15) is 9.90 Å². The highest BCUT2D eigenvalue weighted by molar-refractivity contribution is 14.1. The van der Waals surface area contributed by atoms with Crippen molar-refractivity contribution in [3.63, 3.8) is 0 Å². The second kappa shape index (κ2) is 5.59. The summed E-state index contributed by atoms with van der Waals surface area (Å²) in [6.45, 7) is 2.25. The van der Waals surface area contributed by atoms with E-state index >= 15 is 0 Å². The molecule has 0 bridgehead atoms. The van der Waals surface area contributed by atoms with Crippen LogP contribution in [0.5, 0.6) is 0 Å². The van der Waals surface area contributed by atoms with E-state index < -0.39 is 6.04 Å². The number of halogens is 1. The first kappa shape index (κ1) is 14.2. The van der Waals surface area contributed by atoms with Crippen molar-refractivity contribution < 1.29 is 19.5 Å². The Morgan fingerprint density at radius 3 is 2.95 bits per heavy atom. The number of benzene rings is 1. The Hall–Kier alpha value is -0.700. The molecule has 5 nitrogen and oxygen atoms in total. The minimum Gasteiger partial charge on any atom is -0.461 e. The van der Waals surface area contributed by atoms with E-state index in [0.717, 1.165) is 9.13 Å². The van der Waals surface area contributed by atoms with Gasteiger partial charge in [-0.25, -0.2) is 0 Å². The molecule has 0 saturated carbocycles. The normalized spacial score (nSPS) is 33.2. The monoisotopic (exact) mass is 389 g/mol. The van der Waals surface area contributed by atoms with Gasteiger partial charge in [0.05, 0.1) is 19.1 Å². The van der Waals surface area contributed by atoms with Crippen LogP contribution < -0.4 is 0 Å². The number of aliphatic hydroxyl groups is 1. The number of hydrogen-bond donors (Lipinski definition) is 1. The van der Waals surface area contributed by atoms with Crippen molar-refractivity contribution in [2.45, 2.75) is 31.7 Å². The molecule has 2 fully saturated rings. The lowest BCUT2D eigenvalue weighted by molar-refractivity contribution is -0.195. The maximum atomic E-state index is 12.0. The molecule has 1 aromatic rings. The first-order chi connectivity index (χ1) is 9.60. The van der Waals surface area contributed by atoms with E-state index in [4.69, 9.17) is 9.57 Å². The number of hydroxylamine groups is 2. The summed E-state index contributed by atoms with van der Waals surface area (Å²) >= 11 is 2.25. The van der Waals surface area contributed by atoms with Crippen LogP contribution in [0.15, 0.2) is 24.3 Å². The molecule has 6 heteroatoms. The Labute approximate surface area is 130 Å². The summed E-state index contributed by atoms with van der Waals surface area (Å²) in [5.41, 5.74) is 1.07. The first-order valence-electron chi connectivity index (χ1n) is 6.59. The molecule has 1 unspecified atom stereocenters. The number of ether oxygens (including phenoxy) is 1. The summed E-state index contributed by atoms with van der Waals surface area (Å²) in [4.78, 5) is 17.7. The van der Waals surface area contributed by atoms with Gasteiger partial charge in [-0.1, -0.05) is 12.1 Å². The second-order valence-corrected chi connectivity index (χ2v) is 6.44. The number of hydrogen-bond acceptors (Lipinski definition) is 5. The highest BCUT2D eigenvalue weighted by atomic mass is 127. The second-order valence-electron chi connectivity index (χ2n) is 5.20. The molecule has 0 spiro atoms. The summed E-state index contributed by atoms with van der Waals surface area (Å²) in [5.74, 6) is -0.362. The molecule has 3 rings (SSSR count). The largest absolute Gasteiger partial charge is 0.461 e. The molecule has 2 heterocycles. The summed E-state index contributed by atoms with van der Waals surface area (Å²) in [5, 5.41) is 11.1. The van der Waals surface area contributed by atoms with Crippen molar-refractivity contribution in [3.8, 4) is 0 Å². The predicted octanol–water partition coefficient (Wildman–Crippen LogP) is 1.33. The molecular weight excluding hydrogens is 373 g/mol. The summed E-state index contributed by atoms with van der Waals surface area (Å²) in [6, 6.07) is 7.62. The Bertz CT molecular complexity index is 524. The van der Waals surface area contributed by atoms with Crippen LogP contribution in [0.4, 0.5) is 0 Å². The third kappa shape index (κ3) is 2.45. The molecule has 2 saturated heterocycles. The lowest BCUT2D eigenvalue weighted by atomic mass is 9.93. The van der Waals surface area contributed by atoms with Gasteiger partial charge in [-0.2, -0.15) is 5.06 Å². The summed E-state index contributed by atoms with van der Waals surface area (Å²) in [6.07, 6.45) is -0.588. The maximum Gasteiger partial charge on any atom is 0.326 e. The Kier molecular flexibility index (Phi) is 3.98. The van der Waals surface area contributed by atoms with Crippen LogP contribution in [0.1, 0.15) is 12.5 Å². The van der Waals surface area contributed by atoms with Crippen LogP contribution in [-0.4, -0.2) is 41.0 Å². The fourth-order valence-electron chi connectivity index (χ4n) is 2.98. The number of cyclic esters (lactones) is 1. The fourth-order valence-corrected chi connectivity index (χ4v) is 3.58. The van der Waals surface area contributed by atoms with Crippen LogP contribution in [0, 0.1) is 9.49 Å². The van der Waals surface area contributed by atoms with Gasteiger partial charge in [0.2, 0.25) is 0 Å². The van der Waals surface area contributed by atoms with E-state index in [-0.39, 0.29) is 30.7 Å². The predicted molar refractivity (Wildman–Crippen MR) is 79.5 cm³/mol. The standard InChI is InChI=1S/C14H16INO4/c1-8-12-11(7-17)20-16(13(12)14(18)19-8)6-9-3-2-4-10(15)5-9/h2-5,8,11-13,17H,6-7H2,1H3/t8-,11?,12+,13-/m0/s1. The Morgan fingerprint density at radius 1 is 1.45 bits per heavy atom. The smallest absolute Gasteiger partial charge is 0.326 e. The van der Waals surface area contributed by atoms with Crippen LogP contribution in [0.2, 0.25) is 0 Å². The molecular formula is C14H16INO4. The quantitative estimate of drug-likeness (QED) is 0.625. The maximum absolute atomic E-state index is 12.0. The molecule has 1 aromatic carbocycles. The van der Waals surface area contributed by atoms with Crippen LogP contribution >= 0.6 is 22.6 Å². The molecule has 2 aliphatic rings. The highest BCUT2D eigenvalue weighted by Crippen LogP contribution is 2.38. The third-order valence-electron chi connectivity index (χ3n) is 3.87. The molecule has 1 N–H and O–H groups in total. The Morgan fingerprint density at radius 2 is 2.25 bits per heavy atom. The van der Waals surface area contributed by atoms with Gasteiger partial charge in [0.15, 0.2) is 0 Å². The van der Waals surface area contributed by atoms with Crippen molar-refractivity contribution >= 4 is 28.6 Å². The van der Waals surface area contributed by atoms with Crippen molar-refractivity contribution in [1.82, 2.24) is 5.06 Å². The van der Waals surface area contributed by atoms with Crippen molar-refractivity contribution in [1.29, 1.82) is 0 Å². The van der Waals surface area contributed by atoms with E-state index in [1.54, 1.807) is 5.06 Å². The number of fused-ring (bicyclic) bond motifs is 1. The lowest BCUT2D eigenvalue weighted by Crippen LogP contribution is -2.35. The zero-order chi connectivity index (χ0) is 14.3. The topological polar surface area (TPSA) is 59.0 Å². The van der Waals surface area contributed by atoms with Gasteiger partial charge in [-0.15, -0.1) is 0 Å². The first-order valence-corrected chi connectivity index (χ1v) is 7.67. The number of carbonyl (C=O) groups is 1. The van der Waals surface area contributed by atoms with Gasteiger partial charge < -0.3 is 9.84 Å². The van der Waals surface area contributed by atoms with Crippen LogP contribution in [0.25, 0.3) is 0 Å². The minimum atomic E-state index is -0.417. The average Bonchev–Trinajstić information content (AvgIpc) is 2.90. The Balaban J connectivity index is 1.82.